The number of fused-ring (bicyclic) bond motifs is 1. The number of hydrazine groups is 1. The van der Waals surface area contributed by atoms with Crippen LogP contribution >= 0.6 is 0 Å². The molecule has 2 N–H and O–H groups in total. The lowest BCUT2D eigenvalue weighted by Crippen LogP contribution is -2.44. The Kier molecular flexibility index (Phi) is 6.07. The van der Waals surface area contributed by atoms with E-state index >= 15 is 0 Å². The molecule has 0 saturated heterocycles. The number of ether oxygens (including phenoxy) is 1. The standard InChI is InChI=1S/C25H22N4O3/c1-16-10-11-17(2)23(13-16)32-15-24(30)28-29-25(31)19-14-22(21-9-5-6-12-26-21)27-20-8-4-3-7-18(19)20/h3-14H,15H2,1-2H3,(H,28,30)(H,29,31). The lowest BCUT2D eigenvalue weighted by molar-refractivity contribution is -0.123. The molecule has 4 rings (SSSR count). The lowest BCUT2D eigenvalue weighted by atomic mass is 10.1. The molecule has 160 valence electrons. The van der Waals surface area contributed by atoms with Crippen LogP contribution in [0.1, 0.15) is 21.5 Å². The van der Waals surface area contributed by atoms with Crippen LogP contribution in [-0.4, -0.2) is 28.4 Å². The van der Waals surface area contributed by atoms with Gasteiger partial charge < -0.3 is 4.74 Å². The Morgan fingerprint density at radius 1 is 0.906 bits per heavy atom. The summed E-state index contributed by atoms with van der Waals surface area (Å²) in [5, 5.41) is 0.672. The molecule has 0 radical (unpaired) electrons. The van der Waals surface area contributed by atoms with Crippen LogP contribution in [-0.2, 0) is 4.79 Å². The van der Waals surface area contributed by atoms with E-state index in [-0.39, 0.29) is 6.61 Å². The van der Waals surface area contributed by atoms with Crippen molar-refractivity contribution < 1.29 is 14.3 Å². The fourth-order valence-corrected chi connectivity index (χ4v) is 3.24. The molecule has 0 aliphatic carbocycles. The number of hydrogen-bond donors (Lipinski definition) is 2. The maximum Gasteiger partial charge on any atom is 0.276 e. The number of amides is 2. The number of nitrogens with one attached hydrogen (secondary N) is 2. The van der Waals surface area contributed by atoms with Crippen LogP contribution in [0.25, 0.3) is 22.3 Å². The van der Waals surface area contributed by atoms with E-state index in [1.807, 2.05) is 74.5 Å². The first-order chi connectivity index (χ1) is 15.5. The van der Waals surface area contributed by atoms with Gasteiger partial charge in [0.1, 0.15) is 5.75 Å². The van der Waals surface area contributed by atoms with Gasteiger partial charge in [0.2, 0.25) is 0 Å². The van der Waals surface area contributed by atoms with Gasteiger partial charge in [0.05, 0.1) is 22.5 Å². The molecule has 0 fully saturated rings. The molecule has 0 bridgehead atoms. The number of pyridine rings is 2. The number of nitrogens with zero attached hydrogens (tertiary/aromatic N) is 2. The van der Waals surface area contributed by atoms with E-state index in [1.54, 1.807) is 12.3 Å². The summed E-state index contributed by atoms with van der Waals surface area (Å²) in [4.78, 5) is 34.1. The van der Waals surface area contributed by atoms with Crippen LogP contribution in [0.2, 0.25) is 0 Å². The van der Waals surface area contributed by atoms with Crippen molar-refractivity contribution in [3.63, 3.8) is 0 Å². The summed E-state index contributed by atoms with van der Waals surface area (Å²) in [6.07, 6.45) is 1.67. The largest absolute Gasteiger partial charge is 0.483 e. The second-order valence-electron chi connectivity index (χ2n) is 7.35. The van der Waals surface area contributed by atoms with Crippen LogP contribution in [0, 0.1) is 13.8 Å². The molecule has 7 heteroatoms. The minimum absolute atomic E-state index is 0.221. The lowest BCUT2D eigenvalue weighted by Gasteiger charge is -2.12. The second kappa shape index (κ2) is 9.26. The molecule has 2 amide bonds. The highest BCUT2D eigenvalue weighted by molar-refractivity contribution is 6.07. The summed E-state index contributed by atoms with van der Waals surface area (Å²) in [6, 6.07) is 20.2. The van der Waals surface area contributed by atoms with Crippen molar-refractivity contribution in [3.8, 4) is 17.1 Å². The third-order valence-electron chi connectivity index (χ3n) is 4.91. The number of hydrogen-bond acceptors (Lipinski definition) is 5. The molecule has 2 aromatic heterocycles. The minimum atomic E-state index is -0.470. The summed E-state index contributed by atoms with van der Waals surface area (Å²) in [5.41, 5.74) is 9.10. The predicted molar refractivity (Wildman–Crippen MR) is 122 cm³/mol. The number of aromatic nitrogens is 2. The Labute approximate surface area is 185 Å². The third-order valence-corrected chi connectivity index (χ3v) is 4.91. The van der Waals surface area contributed by atoms with Crippen LogP contribution in [0.3, 0.4) is 0 Å². The molecule has 2 aromatic carbocycles. The van der Waals surface area contributed by atoms with E-state index in [0.29, 0.717) is 33.6 Å². The molecule has 0 atom stereocenters. The number of rotatable bonds is 5. The van der Waals surface area contributed by atoms with Gasteiger partial charge in [0.25, 0.3) is 11.8 Å². The van der Waals surface area contributed by atoms with Gasteiger partial charge in [0, 0.05) is 11.6 Å². The van der Waals surface area contributed by atoms with Crippen LogP contribution in [0.15, 0.2) is 72.9 Å². The maximum atomic E-state index is 12.9. The van der Waals surface area contributed by atoms with Gasteiger partial charge in [-0.1, -0.05) is 36.4 Å². The summed E-state index contributed by atoms with van der Waals surface area (Å²) >= 11 is 0. The average Bonchev–Trinajstić information content (AvgIpc) is 2.83. The highest BCUT2D eigenvalue weighted by atomic mass is 16.5. The monoisotopic (exact) mass is 426 g/mol. The number of benzene rings is 2. The Bertz CT molecular complexity index is 1290. The van der Waals surface area contributed by atoms with Gasteiger partial charge in [-0.25, -0.2) is 4.98 Å². The maximum absolute atomic E-state index is 12.9. The normalized spacial score (nSPS) is 10.6. The van der Waals surface area contributed by atoms with E-state index < -0.39 is 11.8 Å². The average molecular weight is 426 g/mol. The van der Waals surface area contributed by atoms with Gasteiger partial charge in [-0.2, -0.15) is 0 Å². The Morgan fingerprint density at radius 2 is 1.72 bits per heavy atom. The molecule has 0 aliphatic heterocycles. The zero-order chi connectivity index (χ0) is 22.5. The summed E-state index contributed by atoms with van der Waals surface area (Å²) < 4.78 is 5.58. The van der Waals surface area contributed by atoms with Crippen LogP contribution in [0.5, 0.6) is 5.75 Å². The van der Waals surface area contributed by atoms with E-state index in [4.69, 9.17) is 4.74 Å². The van der Waals surface area contributed by atoms with Gasteiger partial charge in [-0.15, -0.1) is 0 Å². The number of para-hydroxylation sites is 1. The quantitative estimate of drug-likeness (QED) is 0.474. The molecule has 0 unspecified atom stereocenters. The molecule has 4 aromatic rings. The minimum Gasteiger partial charge on any atom is -0.483 e. The zero-order valence-corrected chi connectivity index (χ0v) is 17.8. The summed E-state index contributed by atoms with van der Waals surface area (Å²) in [5.74, 6) is -0.296. The highest BCUT2D eigenvalue weighted by Crippen LogP contribution is 2.23. The predicted octanol–water partition coefficient (Wildman–Crippen LogP) is 3.75. The van der Waals surface area contributed by atoms with E-state index in [2.05, 4.69) is 20.8 Å². The van der Waals surface area contributed by atoms with Gasteiger partial charge in [-0.3, -0.25) is 25.4 Å². The zero-order valence-electron chi connectivity index (χ0n) is 17.8. The summed E-state index contributed by atoms with van der Waals surface area (Å²) in [6.45, 7) is 3.63. The Balaban J connectivity index is 1.48. The van der Waals surface area contributed by atoms with Crippen molar-refractivity contribution in [2.45, 2.75) is 13.8 Å². The molecular weight excluding hydrogens is 404 g/mol. The summed E-state index contributed by atoms with van der Waals surface area (Å²) in [7, 11) is 0. The van der Waals surface area contributed by atoms with Crippen molar-refractivity contribution in [3.05, 3.63) is 89.6 Å². The fourth-order valence-electron chi connectivity index (χ4n) is 3.24. The first-order valence-electron chi connectivity index (χ1n) is 10.1. The first-order valence-corrected chi connectivity index (χ1v) is 10.1. The van der Waals surface area contributed by atoms with Crippen molar-refractivity contribution in [2.24, 2.45) is 0 Å². The molecule has 7 nitrogen and oxygen atoms in total. The number of aryl methyl sites for hydroxylation is 2. The third kappa shape index (κ3) is 4.73. The topological polar surface area (TPSA) is 93.2 Å². The highest BCUT2D eigenvalue weighted by Gasteiger charge is 2.15. The second-order valence-corrected chi connectivity index (χ2v) is 7.35. The van der Waals surface area contributed by atoms with Gasteiger partial charge >= 0.3 is 0 Å². The Morgan fingerprint density at radius 3 is 2.53 bits per heavy atom. The van der Waals surface area contributed by atoms with Crippen molar-refractivity contribution in [1.82, 2.24) is 20.8 Å². The van der Waals surface area contributed by atoms with E-state index in [0.717, 1.165) is 11.1 Å². The number of carbonyl (C=O) groups is 2. The van der Waals surface area contributed by atoms with E-state index in [9.17, 15) is 9.59 Å². The molecule has 0 saturated carbocycles. The van der Waals surface area contributed by atoms with Crippen LogP contribution < -0.4 is 15.6 Å². The molecule has 0 spiro atoms. The molecule has 32 heavy (non-hydrogen) atoms. The van der Waals surface area contributed by atoms with Crippen LogP contribution in [0.4, 0.5) is 0 Å². The van der Waals surface area contributed by atoms with Crippen molar-refractivity contribution in [2.75, 3.05) is 6.61 Å². The molecule has 2 heterocycles. The van der Waals surface area contributed by atoms with E-state index in [1.165, 1.54) is 0 Å². The van der Waals surface area contributed by atoms with Gasteiger partial charge in [0.15, 0.2) is 6.61 Å². The Hall–Kier alpha value is -4.26. The van der Waals surface area contributed by atoms with Gasteiger partial charge in [-0.05, 0) is 55.3 Å². The molecule has 0 aliphatic rings. The van der Waals surface area contributed by atoms with Crippen molar-refractivity contribution >= 4 is 22.7 Å². The molecular formula is C25H22N4O3. The van der Waals surface area contributed by atoms with Crippen molar-refractivity contribution in [1.29, 1.82) is 0 Å². The SMILES string of the molecule is Cc1ccc(C)c(OCC(=O)NNC(=O)c2cc(-c3ccccn3)nc3ccccc23)c1. The smallest absolute Gasteiger partial charge is 0.276 e. The fraction of sp³-hybridized carbons (Fsp3) is 0.120. The first kappa shape index (κ1) is 21.0. The number of carbonyl (C=O) groups excluding carboxylic acids is 2.